The lowest BCUT2D eigenvalue weighted by Gasteiger charge is -2.06. The van der Waals surface area contributed by atoms with Crippen LogP contribution in [0.2, 0.25) is 0 Å². The predicted molar refractivity (Wildman–Crippen MR) is 79.3 cm³/mol. The van der Waals surface area contributed by atoms with Gasteiger partial charge < -0.3 is 4.57 Å². The van der Waals surface area contributed by atoms with Crippen LogP contribution >= 0.6 is 27.3 Å². The quantitative estimate of drug-likeness (QED) is 0.702. The van der Waals surface area contributed by atoms with Crippen LogP contribution in [0.15, 0.2) is 57.2 Å². The molecular weight excluding hydrogens is 310 g/mol. The molecule has 0 unspecified atom stereocenters. The number of aromatic nitrogens is 1. The van der Waals surface area contributed by atoms with Gasteiger partial charge in [0.25, 0.3) is 5.56 Å². The van der Waals surface area contributed by atoms with E-state index in [0.29, 0.717) is 6.54 Å². The molecule has 2 nitrogen and oxygen atoms in total. The minimum Gasteiger partial charge on any atom is -0.311 e. The zero-order chi connectivity index (χ0) is 12.5. The fourth-order valence-corrected chi connectivity index (χ4v) is 3.18. The van der Waals surface area contributed by atoms with Gasteiger partial charge in [-0.1, -0.05) is 28.1 Å². The molecule has 18 heavy (non-hydrogen) atoms. The Morgan fingerprint density at radius 3 is 2.94 bits per heavy atom. The number of benzene rings is 1. The highest BCUT2D eigenvalue weighted by Crippen LogP contribution is 2.17. The molecule has 3 rings (SSSR count). The molecule has 1 aromatic carbocycles. The largest absolute Gasteiger partial charge is 0.311 e. The molecule has 90 valence electrons. The van der Waals surface area contributed by atoms with Gasteiger partial charge in [-0.15, -0.1) is 11.3 Å². The smallest absolute Gasteiger partial charge is 0.259 e. The molecule has 3 aromatic rings. The number of rotatable bonds is 2. The first kappa shape index (κ1) is 11.7. The van der Waals surface area contributed by atoms with Crippen LogP contribution in [0.1, 0.15) is 5.56 Å². The third-order valence-corrected chi connectivity index (χ3v) is 4.21. The second kappa shape index (κ2) is 4.71. The number of thiophene rings is 1. The molecule has 2 heterocycles. The Labute approximate surface area is 117 Å². The summed E-state index contributed by atoms with van der Waals surface area (Å²) in [5.74, 6) is 0. The van der Waals surface area contributed by atoms with Crippen LogP contribution in [0.25, 0.3) is 10.1 Å². The van der Waals surface area contributed by atoms with E-state index < -0.39 is 0 Å². The Balaban J connectivity index is 2.05. The summed E-state index contributed by atoms with van der Waals surface area (Å²) >= 11 is 5.04. The Kier molecular flexibility index (Phi) is 3.06. The van der Waals surface area contributed by atoms with Crippen molar-refractivity contribution >= 4 is 37.4 Å². The van der Waals surface area contributed by atoms with E-state index in [1.54, 1.807) is 15.9 Å². The second-order valence-electron chi connectivity index (χ2n) is 4.08. The average Bonchev–Trinajstić information content (AvgIpc) is 2.82. The number of hydrogen-bond donors (Lipinski definition) is 0. The number of pyridine rings is 1. The summed E-state index contributed by atoms with van der Waals surface area (Å²) in [6.45, 7) is 0.601. The van der Waals surface area contributed by atoms with Crippen molar-refractivity contribution in [2.24, 2.45) is 0 Å². The fourth-order valence-electron chi connectivity index (χ4n) is 1.96. The van der Waals surface area contributed by atoms with Crippen molar-refractivity contribution < 1.29 is 0 Å². The van der Waals surface area contributed by atoms with Crippen LogP contribution in [0.4, 0.5) is 0 Å². The highest BCUT2D eigenvalue weighted by atomic mass is 79.9. The van der Waals surface area contributed by atoms with Crippen molar-refractivity contribution in [1.82, 2.24) is 4.57 Å². The Bertz CT molecular complexity index is 760. The molecule has 0 spiro atoms. The van der Waals surface area contributed by atoms with E-state index in [2.05, 4.69) is 15.9 Å². The standard InChI is InChI=1S/C14H10BrNOS/c15-11-3-1-2-10(8-11)9-16-6-4-13-12(14(16)17)5-7-18-13/h1-8H,9H2. The van der Waals surface area contributed by atoms with Crippen LogP contribution < -0.4 is 5.56 Å². The normalized spacial score (nSPS) is 10.9. The molecule has 0 atom stereocenters. The minimum atomic E-state index is 0.0775. The molecule has 0 N–H and O–H groups in total. The van der Waals surface area contributed by atoms with Crippen molar-refractivity contribution in [2.45, 2.75) is 6.54 Å². The van der Waals surface area contributed by atoms with Gasteiger partial charge in [0.2, 0.25) is 0 Å². The van der Waals surface area contributed by atoms with Gasteiger partial charge in [0, 0.05) is 15.4 Å². The molecule has 0 amide bonds. The van der Waals surface area contributed by atoms with Gasteiger partial charge in [0.15, 0.2) is 0 Å². The van der Waals surface area contributed by atoms with Crippen LogP contribution in [0.3, 0.4) is 0 Å². The molecule has 4 heteroatoms. The second-order valence-corrected chi connectivity index (χ2v) is 5.94. The average molecular weight is 320 g/mol. The van der Waals surface area contributed by atoms with Crippen LogP contribution in [0, 0.1) is 0 Å². The van der Waals surface area contributed by atoms with E-state index in [-0.39, 0.29) is 5.56 Å². The Hall–Kier alpha value is -1.39. The van der Waals surface area contributed by atoms with E-state index in [0.717, 1.165) is 20.1 Å². The summed E-state index contributed by atoms with van der Waals surface area (Å²) in [6.07, 6.45) is 1.86. The summed E-state index contributed by atoms with van der Waals surface area (Å²) in [7, 11) is 0. The molecule has 0 bridgehead atoms. The van der Waals surface area contributed by atoms with Gasteiger partial charge in [-0.2, -0.15) is 0 Å². The number of hydrogen-bond acceptors (Lipinski definition) is 2. The van der Waals surface area contributed by atoms with Crippen molar-refractivity contribution in [1.29, 1.82) is 0 Å². The summed E-state index contributed by atoms with van der Waals surface area (Å²) in [4.78, 5) is 12.2. The van der Waals surface area contributed by atoms with Crippen molar-refractivity contribution in [3.05, 3.63) is 68.4 Å². The van der Waals surface area contributed by atoms with E-state index >= 15 is 0 Å². The summed E-state index contributed by atoms with van der Waals surface area (Å²) in [5, 5.41) is 2.76. The van der Waals surface area contributed by atoms with Crippen LogP contribution in [0.5, 0.6) is 0 Å². The first-order chi connectivity index (χ1) is 8.74. The molecule has 2 aromatic heterocycles. The third kappa shape index (κ3) is 2.13. The number of nitrogens with zero attached hydrogens (tertiary/aromatic N) is 1. The maximum Gasteiger partial charge on any atom is 0.259 e. The highest BCUT2D eigenvalue weighted by molar-refractivity contribution is 9.10. The molecular formula is C14H10BrNOS. The molecule has 0 radical (unpaired) electrons. The van der Waals surface area contributed by atoms with Gasteiger partial charge in [-0.05, 0) is 35.2 Å². The predicted octanol–water partition coefficient (Wildman–Crippen LogP) is 3.87. The first-order valence-electron chi connectivity index (χ1n) is 5.55. The van der Waals surface area contributed by atoms with Crippen LogP contribution in [-0.2, 0) is 6.54 Å². The molecule has 0 aliphatic carbocycles. The maximum atomic E-state index is 12.2. The van der Waals surface area contributed by atoms with Gasteiger partial charge in [0.05, 0.1) is 11.9 Å². The monoisotopic (exact) mass is 319 g/mol. The molecule has 0 fully saturated rings. The molecule has 0 aliphatic heterocycles. The summed E-state index contributed by atoms with van der Waals surface area (Å²) in [6, 6.07) is 11.9. The van der Waals surface area contributed by atoms with E-state index in [1.165, 1.54) is 0 Å². The minimum absolute atomic E-state index is 0.0775. The van der Waals surface area contributed by atoms with Crippen molar-refractivity contribution in [2.75, 3.05) is 0 Å². The summed E-state index contributed by atoms with van der Waals surface area (Å²) in [5.41, 5.74) is 1.19. The van der Waals surface area contributed by atoms with Gasteiger partial charge in [0.1, 0.15) is 0 Å². The third-order valence-electron chi connectivity index (χ3n) is 2.83. The number of halogens is 1. The van der Waals surface area contributed by atoms with E-state index in [1.807, 2.05) is 48.0 Å². The van der Waals surface area contributed by atoms with Gasteiger partial charge in [-0.25, -0.2) is 0 Å². The lowest BCUT2D eigenvalue weighted by Crippen LogP contribution is -2.19. The number of fused-ring (bicyclic) bond motifs is 1. The summed E-state index contributed by atoms with van der Waals surface area (Å²) < 4.78 is 3.83. The molecule has 0 aliphatic rings. The molecule has 0 saturated heterocycles. The van der Waals surface area contributed by atoms with E-state index in [9.17, 15) is 4.79 Å². The van der Waals surface area contributed by atoms with E-state index in [4.69, 9.17) is 0 Å². The van der Waals surface area contributed by atoms with Crippen molar-refractivity contribution in [3.63, 3.8) is 0 Å². The van der Waals surface area contributed by atoms with Crippen molar-refractivity contribution in [3.8, 4) is 0 Å². The lowest BCUT2D eigenvalue weighted by molar-refractivity contribution is 0.768. The highest BCUT2D eigenvalue weighted by Gasteiger charge is 2.04. The Morgan fingerprint density at radius 1 is 1.22 bits per heavy atom. The first-order valence-corrected chi connectivity index (χ1v) is 7.22. The van der Waals surface area contributed by atoms with Gasteiger partial charge in [-0.3, -0.25) is 4.79 Å². The lowest BCUT2D eigenvalue weighted by atomic mass is 10.2. The SMILES string of the molecule is O=c1c2ccsc2ccn1Cc1cccc(Br)c1. The zero-order valence-corrected chi connectivity index (χ0v) is 11.9. The van der Waals surface area contributed by atoms with Gasteiger partial charge >= 0.3 is 0 Å². The maximum absolute atomic E-state index is 12.2. The molecule has 0 saturated carbocycles. The Morgan fingerprint density at radius 2 is 2.11 bits per heavy atom. The topological polar surface area (TPSA) is 22.0 Å². The fraction of sp³-hybridized carbons (Fsp3) is 0.0714. The zero-order valence-electron chi connectivity index (χ0n) is 9.47. The van der Waals surface area contributed by atoms with Crippen LogP contribution in [-0.4, -0.2) is 4.57 Å².